The van der Waals surface area contributed by atoms with Gasteiger partial charge in [0.15, 0.2) is 0 Å². The molecule has 1 nitrogen and oxygen atoms in total. The van der Waals surface area contributed by atoms with Crippen molar-refractivity contribution in [1.82, 2.24) is 0 Å². The summed E-state index contributed by atoms with van der Waals surface area (Å²) >= 11 is 4.47. The summed E-state index contributed by atoms with van der Waals surface area (Å²) in [4.78, 5) is 0.588. The van der Waals surface area contributed by atoms with E-state index in [1.54, 1.807) is 0 Å². The third kappa shape index (κ3) is 126. The highest BCUT2D eigenvalue weighted by Gasteiger charge is 1.71. The Bertz CT molecular complexity index is 62.3. The molecule has 2 heteroatoms. The van der Waals surface area contributed by atoms with Crippen molar-refractivity contribution in [2.75, 3.05) is 0 Å². The van der Waals surface area contributed by atoms with Crippen LogP contribution < -0.4 is 5.73 Å². The zero-order valence-electron chi connectivity index (χ0n) is 7.31. The molecule has 2 N–H and O–H groups in total. The van der Waals surface area contributed by atoms with Crippen molar-refractivity contribution in [2.45, 2.75) is 33.6 Å². The summed E-state index contributed by atoms with van der Waals surface area (Å²) in [6.45, 7) is 12.2. The molecule has 0 saturated carbocycles. The van der Waals surface area contributed by atoms with Crippen LogP contribution in [0.15, 0.2) is 13.2 Å². The van der Waals surface area contributed by atoms with Gasteiger partial charge in [-0.05, 0) is 6.42 Å². The molecule has 0 unspecified atom stereocenters. The number of hydrogen-bond donors (Lipinski definition) is 1. The molecule has 0 aliphatic rings. The molecule has 0 fully saturated rings. The molecule has 0 radical (unpaired) electrons. The summed E-state index contributed by atoms with van der Waals surface area (Å²) in [5, 5.41) is 0. The Labute approximate surface area is 70.3 Å². The van der Waals surface area contributed by atoms with Crippen molar-refractivity contribution >= 4 is 17.2 Å². The average molecular weight is 161 g/mol. The van der Waals surface area contributed by atoms with E-state index in [0.29, 0.717) is 4.99 Å². The van der Waals surface area contributed by atoms with E-state index in [-0.39, 0.29) is 0 Å². The molecule has 62 valence electrons. The van der Waals surface area contributed by atoms with Gasteiger partial charge in [-0.1, -0.05) is 39.4 Å². The summed E-state index contributed by atoms with van der Waals surface area (Å²) < 4.78 is 0. The fourth-order valence-corrected chi connectivity index (χ4v) is 0. The molecule has 0 bridgehead atoms. The first-order valence-corrected chi connectivity index (χ1v) is 3.88. The average Bonchev–Trinajstić information content (AvgIpc) is 1.94. The van der Waals surface area contributed by atoms with E-state index in [9.17, 15) is 0 Å². The first-order chi connectivity index (χ1) is 4.68. The lowest BCUT2D eigenvalue weighted by Crippen LogP contribution is -2.03. The van der Waals surface area contributed by atoms with Gasteiger partial charge < -0.3 is 5.73 Å². The lowest BCUT2D eigenvalue weighted by atomic mass is 10.5. The molecule has 0 aromatic rings. The van der Waals surface area contributed by atoms with Gasteiger partial charge >= 0.3 is 0 Å². The van der Waals surface area contributed by atoms with Crippen LogP contribution in [0.1, 0.15) is 33.6 Å². The molecule has 0 aliphatic heterocycles. The van der Waals surface area contributed by atoms with Crippen LogP contribution in [0.5, 0.6) is 0 Å². The molecule has 0 spiro atoms. The van der Waals surface area contributed by atoms with Crippen molar-refractivity contribution in [3.05, 3.63) is 13.2 Å². The zero-order valence-corrected chi connectivity index (χ0v) is 8.13. The fraction of sp³-hybridized carbons (Fsp3) is 0.625. The highest BCUT2D eigenvalue weighted by atomic mass is 32.1. The van der Waals surface area contributed by atoms with E-state index >= 15 is 0 Å². The Morgan fingerprint density at radius 1 is 1.30 bits per heavy atom. The van der Waals surface area contributed by atoms with Crippen LogP contribution in [-0.4, -0.2) is 4.99 Å². The van der Waals surface area contributed by atoms with E-state index in [4.69, 9.17) is 5.73 Å². The minimum absolute atomic E-state index is 0.588. The molecular formula is C8H19NS. The van der Waals surface area contributed by atoms with Crippen molar-refractivity contribution in [2.24, 2.45) is 5.73 Å². The monoisotopic (exact) mass is 161 g/mol. The SMILES string of the molecule is C=C.CCC.CCC(N)=S. The second kappa shape index (κ2) is 23.4. The van der Waals surface area contributed by atoms with Gasteiger partial charge in [0.05, 0.1) is 4.99 Å². The topological polar surface area (TPSA) is 26.0 Å². The van der Waals surface area contributed by atoms with Crippen LogP contribution in [0.25, 0.3) is 0 Å². The lowest BCUT2D eigenvalue weighted by molar-refractivity contribution is 1.09. The summed E-state index contributed by atoms with van der Waals surface area (Å²) in [6, 6.07) is 0. The van der Waals surface area contributed by atoms with Gasteiger partial charge in [0.2, 0.25) is 0 Å². The number of thiocarbonyl (C=S) groups is 1. The van der Waals surface area contributed by atoms with Crippen LogP contribution in [0.2, 0.25) is 0 Å². The third-order valence-electron chi connectivity index (χ3n) is 0.348. The molecule has 0 amide bonds. The first-order valence-electron chi connectivity index (χ1n) is 3.47. The predicted octanol–water partition coefficient (Wildman–Crippen LogP) is 2.90. The number of hydrogen-bond acceptors (Lipinski definition) is 1. The number of nitrogens with two attached hydrogens (primary N) is 1. The second-order valence-electron chi connectivity index (χ2n) is 1.53. The van der Waals surface area contributed by atoms with Crippen LogP contribution >= 0.6 is 12.2 Å². The Balaban J connectivity index is -0.0000000847. The van der Waals surface area contributed by atoms with E-state index in [1.165, 1.54) is 6.42 Å². The quantitative estimate of drug-likeness (QED) is 0.473. The molecule has 0 rings (SSSR count). The van der Waals surface area contributed by atoms with Gasteiger partial charge in [0, 0.05) is 0 Å². The molecule has 0 aromatic heterocycles. The molecule has 0 atom stereocenters. The summed E-state index contributed by atoms with van der Waals surface area (Å²) in [7, 11) is 0. The van der Waals surface area contributed by atoms with Crippen molar-refractivity contribution in [3.8, 4) is 0 Å². The fourth-order valence-electron chi connectivity index (χ4n) is 0. The van der Waals surface area contributed by atoms with Gasteiger partial charge in [-0.15, -0.1) is 13.2 Å². The van der Waals surface area contributed by atoms with Gasteiger partial charge in [-0.3, -0.25) is 0 Å². The lowest BCUT2D eigenvalue weighted by Gasteiger charge is -1.78. The molecule has 0 aliphatic carbocycles. The van der Waals surface area contributed by atoms with Crippen LogP contribution in [0.3, 0.4) is 0 Å². The van der Waals surface area contributed by atoms with E-state index < -0.39 is 0 Å². The van der Waals surface area contributed by atoms with Crippen molar-refractivity contribution in [1.29, 1.82) is 0 Å². The molecule has 0 heterocycles. The largest absolute Gasteiger partial charge is 0.393 e. The summed E-state index contributed by atoms with van der Waals surface area (Å²) in [6.07, 6.45) is 2.06. The first kappa shape index (κ1) is 16.3. The summed E-state index contributed by atoms with van der Waals surface area (Å²) in [5.41, 5.74) is 5.02. The summed E-state index contributed by atoms with van der Waals surface area (Å²) in [5.74, 6) is 0. The highest BCUT2D eigenvalue weighted by Crippen LogP contribution is 1.69. The minimum atomic E-state index is 0.588. The smallest absolute Gasteiger partial charge is 0.0724 e. The van der Waals surface area contributed by atoms with E-state index in [2.05, 4.69) is 39.2 Å². The van der Waals surface area contributed by atoms with Crippen LogP contribution in [0, 0.1) is 0 Å². The Hall–Kier alpha value is -0.370. The highest BCUT2D eigenvalue weighted by molar-refractivity contribution is 7.80. The predicted molar refractivity (Wildman–Crippen MR) is 54.3 cm³/mol. The van der Waals surface area contributed by atoms with Gasteiger partial charge in [-0.2, -0.15) is 0 Å². The third-order valence-corrected chi connectivity index (χ3v) is 0.637. The minimum Gasteiger partial charge on any atom is -0.393 e. The Morgan fingerprint density at radius 3 is 1.40 bits per heavy atom. The van der Waals surface area contributed by atoms with E-state index in [1.807, 2.05) is 6.92 Å². The molecule has 0 saturated heterocycles. The molecule has 0 aromatic carbocycles. The molecule has 10 heavy (non-hydrogen) atoms. The normalized spacial score (nSPS) is 5.90. The van der Waals surface area contributed by atoms with Crippen LogP contribution in [0.4, 0.5) is 0 Å². The van der Waals surface area contributed by atoms with E-state index in [0.717, 1.165) is 6.42 Å². The van der Waals surface area contributed by atoms with Gasteiger partial charge in [0.25, 0.3) is 0 Å². The van der Waals surface area contributed by atoms with Crippen LogP contribution in [-0.2, 0) is 0 Å². The molecular weight excluding hydrogens is 142 g/mol. The number of rotatable bonds is 1. The Morgan fingerprint density at radius 2 is 1.40 bits per heavy atom. The standard InChI is InChI=1S/C3H7NS.C3H8.C2H4/c1-2-3(4)5;1-3-2;1-2/h2H2,1H3,(H2,4,5);3H2,1-2H3;1-2H2. The second-order valence-corrected chi connectivity index (χ2v) is 2.05. The maximum absolute atomic E-state index is 5.02. The van der Waals surface area contributed by atoms with Gasteiger partial charge in [-0.25, -0.2) is 0 Å². The van der Waals surface area contributed by atoms with Crippen molar-refractivity contribution in [3.63, 3.8) is 0 Å². The maximum Gasteiger partial charge on any atom is 0.0724 e. The maximum atomic E-state index is 5.02. The van der Waals surface area contributed by atoms with Crippen molar-refractivity contribution < 1.29 is 0 Å². The zero-order chi connectivity index (χ0) is 8.99. The van der Waals surface area contributed by atoms with Gasteiger partial charge in [0.1, 0.15) is 0 Å². The Kier molecular flexibility index (Phi) is 38.2.